The van der Waals surface area contributed by atoms with Crippen molar-refractivity contribution in [3.8, 4) is 0 Å². The van der Waals surface area contributed by atoms with Gasteiger partial charge in [-0.05, 0) is 51.3 Å². The molecule has 1 aromatic carbocycles. The first-order valence-electron chi connectivity index (χ1n) is 7.46. The molecule has 0 aromatic heterocycles. The fourth-order valence-corrected chi connectivity index (χ4v) is 3.11. The van der Waals surface area contributed by atoms with E-state index >= 15 is 0 Å². The van der Waals surface area contributed by atoms with Crippen LogP contribution >= 0.6 is 23.2 Å². The summed E-state index contributed by atoms with van der Waals surface area (Å²) in [5.41, 5.74) is 0.333. The quantitative estimate of drug-likeness (QED) is 0.913. The summed E-state index contributed by atoms with van der Waals surface area (Å²) in [5, 5.41) is 3.57. The molecule has 1 aliphatic rings. The molecule has 0 radical (unpaired) electrons. The van der Waals surface area contributed by atoms with Crippen LogP contribution in [-0.4, -0.2) is 35.3 Å². The molecule has 1 fully saturated rings. The van der Waals surface area contributed by atoms with Crippen molar-refractivity contribution >= 4 is 35.0 Å². The highest BCUT2D eigenvalue weighted by atomic mass is 35.5. The number of carbonyl (C=O) groups is 2. The Balaban J connectivity index is 2.14. The van der Waals surface area contributed by atoms with Crippen molar-refractivity contribution in [1.82, 2.24) is 10.2 Å². The van der Waals surface area contributed by atoms with Gasteiger partial charge in [-0.3, -0.25) is 9.59 Å². The van der Waals surface area contributed by atoms with Gasteiger partial charge in [-0.2, -0.15) is 0 Å². The number of nitrogens with one attached hydrogen (secondary N) is 1. The maximum atomic E-state index is 12.5. The maximum absolute atomic E-state index is 12.5. The molecule has 1 atom stereocenters. The minimum atomic E-state index is -0.496. The second-order valence-electron chi connectivity index (χ2n) is 5.77. The molecule has 1 heterocycles. The van der Waals surface area contributed by atoms with E-state index in [9.17, 15) is 9.59 Å². The van der Waals surface area contributed by atoms with Crippen LogP contribution in [0.5, 0.6) is 0 Å². The Hall–Kier alpha value is -1.26. The average Bonchev–Trinajstić information content (AvgIpc) is 2.61. The molecular formula is C16H20Cl2N2O2. The number of hydrogen-bond donors (Lipinski definition) is 1. The zero-order valence-corrected chi connectivity index (χ0v) is 14.2. The van der Waals surface area contributed by atoms with Crippen LogP contribution in [0.3, 0.4) is 0 Å². The summed E-state index contributed by atoms with van der Waals surface area (Å²) in [7, 11) is 0. The molecule has 6 heteroatoms. The number of nitrogens with zero attached hydrogens (tertiary/aromatic N) is 1. The molecule has 1 unspecified atom stereocenters. The first kappa shape index (κ1) is 17.1. The van der Waals surface area contributed by atoms with Gasteiger partial charge >= 0.3 is 0 Å². The highest BCUT2D eigenvalue weighted by molar-refractivity contribution is 6.36. The van der Waals surface area contributed by atoms with Crippen molar-refractivity contribution in [3.63, 3.8) is 0 Å². The van der Waals surface area contributed by atoms with Gasteiger partial charge in [-0.15, -0.1) is 0 Å². The fourth-order valence-electron chi connectivity index (χ4n) is 2.62. The smallest absolute Gasteiger partial charge is 0.253 e. The van der Waals surface area contributed by atoms with E-state index in [1.54, 1.807) is 12.1 Å². The third kappa shape index (κ3) is 3.93. The van der Waals surface area contributed by atoms with Crippen molar-refractivity contribution in [2.45, 2.75) is 45.2 Å². The van der Waals surface area contributed by atoms with E-state index in [0.717, 1.165) is 19.4 Å². The average molecular weight is 343 g/mol. The molecule has 1 aliphatic heterocycles. The summed E-state index contributed by atoms with van der Waals surface area (Å²) in [6.45, 7) is 4.71. The van der Waals surface area contributed by atoms with Gasteiger partial charge in [0, 0.05) is 17.6 Å². The number of halogens is 2. The van der Waals surface area contributed by atoms with Crippen molar-refractivity contribution < 1.29 is 9.59 Å². The van der Waals surface area contributed by atoms with Crippen molar-refractivity contribution in [1.29, 1.82) is 0 Å². The monoisotopic (exact) mass is 342 g/mol. The van der Waals surface area contributed by atoms with E-state index < -0.39 is 6.04 Å². The molecule has 0 aliphatic carbocycles. The molecule has 1 aromatic rings. The third-order valence-corrected chi connectivity index (χ3v) is 4.38. The first-order chi connectivity index (χ1) is 10.4. The van der Waals surface area contributed by atoms with Crippen LogP contribution in [0.1, 0.15) is 43.5 Å². The topological polar surface area (TPSA) is 49.4 Å². The van der Waals surface area contributed by atoms with Gasteiger partial charge in [0.1, 0.15) is 6.04 Å². The molecule has 1 saturated heterocycles. The Labute approximate surface area is 140 Å². The van der Waals surface area contributed by atoms with Crippen molar-refractivity contribution in [3.05, 3.63) is 33.8 Å². The molecule has 1 N–H and O–H groups in total. The van der Waals surface area contributed by atoms with Gasteiger partial charge in [-0.1, -0.05) is 23.2 Å². The minimum absolute atomic E-state index is 0.0223. The van der Waals surface area contributed by atoms with Crippen LogP contribution in [0.25, 0.3) is 0 Å². The van der Waals surface area contributed by atoms with Crippen LogP contribution in [0.15, 0.2) is 18.2 Å². The second kappa shape index (κ2) is 7.34. The van der Waals surface area contributed by atoms with Crippen molar-refractivity contribution in [2.24, 2.45) is 0 Å². The fraction of sp³-hybridized carbons (Fsp3) is 0.500. The lowest BCUT2D eigenvalue weighted by molar-refractivity contribution is -0.134. The van der Waals surface area contributed by atoms with Gasteiger partial charge in [0.25, 0.3) is 5.91 Å². The van der Waals surface area contributed by atoms with E-state index in [2.05, 4.69) is 5.32 Å². The molecule has 22 heavy (non-hydrogen) atoms. The first-order valence-corrected chi connectivity index (χ1v) is 8.22. The summed E-state index contributed by atoms with van der Waals surface area (Å²) in [4.78, 5) is 26.7. The number of likely N-dealkylation sites (tertiary alicyclic amines) is 1. The lowest BCUT2D eigenvalue weighted by Gasteiger charge is -2.28. The number of carbonyl (C=O) groups excluding carboxylic acids is 2. The van der Waals surface area contributed by atoms with E-state index in [1.165, 1.54) is 6.07 Å². The predicted molar refractivity (Wildman–Crippen MR) is 88.4 cm³/mol. The van der Waals surface area contributed by atoms with Crippen LogP contribution in [0, 0.1) is 0 Å². The lowest BCUT2D eigenvalue weighted by atomic mass is 10.1. The molecule has 120 valence electrons. The number of amides is 2. The number of rotatable bonds is 3. The molecule has 2 amide bonds. The Morgan fingerprint density at radius 3 is 2.68 bits per heavy atom. The highest BCUT2D eigenvalue weighted by Crippen LogP contribution is 2.22. The van der Waals surface area contributed by atoms with E-state index in [0.29, 0.717) is 17.0 Å². The Kier molecular flexibility index (Phi) is 5.70. The molecule has 2 rings (SSSR count). The summed E-state index contributed by atoms with van der Waals surface area (Å²) < 4.78 is 0. The van der Waals surface area contributed by atoms with Gasteiger partial charge in [0.2, 0.25) is 5.91 Å². The summed E-state index contributed by atoms with van der Waals surface area (Å²) in [5.74, 6) is -0.364. The van der Waals surface area contributed by atoms with Gasteiger partial charge in [0.05, 0.1) is 10.6 Å². The van der Waals surface area contributed by atoms with Crippen LogP contribution < -0.4 is 5.32 Å². The zero-order chi connectivity index (χ0) is 16.3. The predicted octanol–water partition coefficient (Wildman–Crippen LogP) is 3.51. The zero-order valence-electron chi connectivity index (χ0n) is 12.7. The van der Waals surface area contributed by atoms with E-state index in [4.69, 9.17) is 23.2 Å². The summed E-state index contributed by atoms with van der Waals surface area (Å²) in [6.07, 6.45) is 2.52. The molecular weight excluding hydrogens is 323 g/mol. The van der Waals surface area contributed by atoms with Crippen LogP contribution in [-0.2, 0) is 4.79 Å². The van der Waals surface area contributed by atoms with Gasteiger partial charge < -0.3 is 10.2 Å². The summed E-state index contributed by atoms with van der Waals surface area (Å²) >= 11 is 11.9. The molecule has 4 nitrogen and oxygen atoms in total. The lowest BCUT2D eigenvalue weighted by Crippen LogP contribution is -2.49. The Morgan fingerprint density at radius 1 is 1.32 bits per heavy atom. The molecule has 0 bridgehead atoms. The highest BCUT2D eigenvalue weighted by Gasteiger charge is 2.30. The van der Waals surface area contributed by atoms with Crippen LogP contribution in [0.2, 0.25) is 10.0 Å². The standard InChI is InChI=1S/C16H20Cl2N2O2/c1-10(2)20-8-4-3-5-14(16(20)22)19-15(21)12-7-6-11(17)9-13(12)18/h6-7,9-10,14H,3-5,8H2,1-2H3,(H,19,21). The number of hydrogen-bond acceptors (Lipinski definition) is 2. The summed E-state index contributed by atoms with van der Waals surface area (Å²) in [6, 6.07) is 4.33. The SMILES string of the molecule is CC(C)N1CCCCC(NC(=O)c2ccc(Cl)cc2Cl)C1=O. The second-order valence-corrected chi connectivity index (χ2v) is 6.62. The number of benzene rings is 1. The normalized spacial score (nSPS) is 19.2. The van der Waals surface area contributed by atoms with Crippen LogP contribution in [0.4, 0.5) is 0 Å². The molecule has 0 saturated carbocycles. The minimum Gasteiger partial charge on any atom is -0.340 e. The maximum Gasteiger partial charge on any atom is 0.253 e. The van der Waals surface area contributed by atoms with E-state index in [-0.39, 0.29) is 22.9 Å². The largest absolute Gasteiger partial charge is 0.340 e. The third-order valence-electron chi connectivity index (χ3n) is 3.83. The molecule has 0 spiro atoms. The van der Waals surface area contributed by atoms with Crippen molar-refractivity contribution in [2.75, 3.05) is 6.54 Å². The Morgan fingerprint density at radius 2 is 2.05 bits per heavy atom. The van der Waals surface area contributed by atoms with Gasteiger partial charge in [0.15, 0.2) is 0 Å². The Bertz CT molecular complexity index is 575. The van der Waals surface area contributed by atoms with Gasteiger partial charge in [-0.25, -0.2) is 0 Å². The van der Waals surface area contributed by atoms with E-state index in [1.807, 2.05) is 18.7 Å².